The molecular weight excluding hydrogens is 446 g/mol. The number of ether oxygens (including phenoxy) is 1. The van der Waals surface area contributed by atoms with E-state index in [1.54, 1.807) is 54.4 Å². The highest BCUT2D eigenvalue weighted by Crippen LogP contribution is 2.30. The highest BCUT2D eigenvalue weighted by Gasteiger charge is 2.13. The van der Waals surface area contributed by atoms with E-state index < -0.39 is 0 Å². The Balaban J connectivity index is 1.35. The fourth-order valence-electron chi connectivity index (χ4n) is 3.75. The molecule has 3 aromatic carbocycles. The molecule has 34 heavy (non-hydrogen) atoms. The van der Waals surface area contributed by atoms with Gasteiger partial charge < -0.3 is 10.1 Å². The number of anilines is 1. The molecule has 0 atom stereocenters. The maximum absolute atomic E-state index is 13.3. The second-order valence-electron chi connectivity index (χ2n) is 7.75. The molecule has 0 aliphatic heterocycles. The third-order valence-electron chi connectivity index (χ3n) is 5.56. The number of aromatic nitrogens is 2. The third kappa shape index (κ3) is 4.33. The van der Waals surface area contributed by atoms with Gasteiger partial charge in [0.1, 0.15) is 10.6 Å². The van der Waals surface area contributed by atoms with Crippen molar-refractivity contribution < 1.29 is 9.53 Å². The SMILES string of the molecule is COc1ccc(NC(=O)c2ccc(Cn3cnc4scc(-c5ccccc5)c4c3=O)cc2)cc1. The Kier molecular flexibility index (Phi) is 5.93. The Morgan fingerprint density at radius 3 is 2.44 bits per heavy atom. The zero-order chi connectivity index (χ0) is 23.5. The van der Waals surface area contributed by atoms with Crippen molar-refractivity contribution in [3.8, 4) is 16.9 Å². The molecule has 5 aromatic rings. The lowest BCUT2D eigenvalue weighted by Gasteiger charge is -2.09. The average molecular weight is 468 g/mol. The second-order valence-corrected chi connectivity index (χ2v) is 8.61. The summed E-state index contributed by atoms with van der Waals surface area (Å²) >= 11 is 1.47. The molecule has 0 saturated carbocycles. The molecule has 5 rings (SSSR count). The lowest BCUT2D eigenvalue weighted by molar-refractivity contribution is 0.102. The van der Waals surface area contributed by atoms with Crippen LogP contribution in [-0.4, -0.2) is 22.6 Å². The van der Waals surface area contributed by atoms with Gasteiger partial charge in [-0.1, -0.05) is 42.5 Å². The molecule has 2 aromatic heterocycles. The number of carbonyl (C=O) groups excluding carboxylic acids is 1. The van der Waals surface area contributed by atoms with Crippen molar-refractivity contribution in [1.82, 2.24) is 9.55 Å². The van der Waals surface area contributed by atoms with E-state index in [0.29, 0.717) is 23.2 Å². The van der Waals surface area contributed by atoms with Crippen molar-refractivity contribution in [3.63, 3.8) is 0 Å². The van der Waals surface area contributed by atoms with Crippen LogP contribution in [0.1, 0.15) is 15.9 Å². The largest absolute Gasteiger partial charge is 0.497 e. The number of methoxy groups -OCH3 is 1. The Morgan fingerprint density at radius 1 is 1.00 bits per heavy atom. The minimum atomic E-state index is -0.206. The summed E-state index contributed by atoms with van der Waals surface area (Å²) in [4.78, 5) is 31.1. The van der Waals surface area contributed by atoms with Crippen LogP contribution in [0.2, 0.25) is 0 Å². The number of nitrogens with one attached hydrogen (secondary N) is 1. The summed E-state index contributed by atoms with van der Waals surface area (Å²) in [6.45, 7) is 0.367. The number of rotatable bonds is 6. The van der Waals surface area contributed by atoms with Crippen LogP contribution < -0.4 is 15.6 Å². The first-order chi connectivity index (χ1) is 16.6. The molecule has 0 radical (unpaired) electrons. The van der Waals surface area contributed by atoms with E-state index >= 15 is 0 Å². The van der Waals surface area contributed by atoms with E-state index in [0.717, 1.165) is 27.3 Å². The summed E-state index contributed by atoms with van der Waals surface area (Å²) in [5.41, 5.74) is 3.94. The summed E-state index contributed by atoms with van der Waals surface area (Å²) in [5, 5.41) is 5.48. The molecule has 168 valence electrons. The van der Waals surface area contributed by atoms with Crippen LogP contribution in [0.4, 0.5) is 5.69 Å². The number of nitrogens with zero attached hydrogens (tertiary/aromatic N) is 2. The number of carbonyl (C=O) groups is 1. The van der Waals surface area contributed by atoms with Crippen molar-refractivity contribution >= 4 is 33.1 Å². The maximum Gasteiger partial charge on any atom is 0.263 e. The number of hydrogen-bond donors (Lipinski definition) is 1. The standard InChI is InChI=1S/C27H21N3O3S/c1-33-22-13-11-21(12-14-22)29-25(31)20-9-7-18(8-10-20)15-30-17-28-26-24(27(30)32)23(16-34-26)19-5-3-2-4-6-19/h2-14,16-17H,15H2,1H3,(H,29,31). The minimum Gasteiger partial charge on any atom is -0.497 e. The topological polar surface area (TPSA) is 73.2 Å². The molecule has 6 nitrogen and oxygen atoms in total. The van der Waals surface area contributed by atoms with Crippen LogP contribution in [0.5, 0.6) is 5.75 Å². The number of benzene rings is 3. The molecule has 7 heteroatoms. The molecule has 0 aliphatic rings. The quantitative estimate of drug-likeness (QED) is 0.361. The molecule has 0 bridgehead atoms. The van der Waals surface area contributed by atoms with Crippen molar-refractivity contribution in [2.45, 2.75) is 6.54 Å². The first-order valence-corrected chi connectivity index (χ1v) is 11.6. The highest BCUT2D eigenvalue weighted by atomic mass is 32.1. The van der Waals surface area contributed by atoms with E-state index in [1.165, 1.54) is 11.3 Å². The molecule has 0 fully saturated rings. The normalized spacial score (nSPS) is 10.9. The van der Waals surface area contributed by atoms with Gasteiger partial charge in [0.05, 0.1) is 25.4 Å². The van der Waals surface area contributed by atoms with E-state index in [4.69, 9.17) is 4.74 Å². The van der Waals surface area contributed by atoms with Gasteiger partial charge in [0, 0.05) is 22.2 Å². The van der Waals surface area contributed by atoms with Crippen LogP contribution in [0.25, 0.3) is 21.3 Å². The summed E-state index contributed by atoms with van der Waals surface area (Å²) in [5.74, 6) is 0.520. The fourth-order valence-corrected chi connectivity index (χ4v) is 4.65. The van der Waals surface area contributed by atoms with Crippen LogP contribution in [0, 0.1) is 0 Å². The van der Waals surface area contributed by atoms with Gasteiger partial charge >= 0.3 is 0 Å². The summed E-state index contributed by atoms with van der Waals surface area (Å²) in [7, 11) is 1.60. The molecule has 2 heterocycles. The Hall–Kier alpha value is -4.23. The van der Waals surface area contributed by atoms with Gasteiger partial charge in [-0.05, 0) is 47.5 Å². The summed E-state index contributed by atoms with van der Waals surface area (Å²) < 4.78 is 6.74. The van der Waals surface area contributed by atoms with Gasteiger partial charge in [-0.15, -0.1) is 11.3 Å². The molecule has 0 unspecified atom stereocenters. The zero-order valence-corrected chi connectivity index (χ0v) is 19.2. The average Bonchev–Trinajstić information content (AvgIpc) is 3.32. The van der Waals surface area contributed by atoms with E-state index in [-0.39, 0.29) is 11.5 Å². The van der Waals surface area contributed by atoms with Crippen LogP contribution in [0.3, 0.4) is 0 Å². The maximum atomic E-state index is 13.3. The van der Waals surface area contributed by atoms with E-state index in [1.807, 2.05) is 47.8 Å². The first kappa shape index (κ1) is 21.6. The molecule has 0 spiro atoms. The number of thiophene rings is 1. The van der Waals surface area contributed by atoms with Crippen molar-refractivity contribution in [2.75, 3.05) is 12.4 Å². The molecule has 1 amide bonds. The summed E-state index contributed by atoms with van der Waals surface area (Å²) in [6.07, 6.45) is 1.58. The smallest absolute Gasteiger partial charge is 0.263 e. The van der Waals surface area contributed by atoms with Gasteiger partial charge in [0.2, 0.25) is 0 Å². The lowest BCUT2D eigenvalue weighted by Crippen LogP contribution is -2.21. The molecule has 0 saturated heterocycles. The lowest BCUT2D eigenvalue weighted by atomic mass is 10.1. The molecule has 1 N–H and O–H groups in total. The monoisotopic (exact) mass is 467 g/mol. The zero-order valence-electron chi connectivity index (χ0n) is 18.4. The summed E-state index contributed by atoms with van der Waals surface area (Å²) in [6, 6.07) is 24.2. The van der Waals surface area contributed by atoms with Gasteiger partial charge in [0.25, 0.3) is 11.5 Å². The Labute approximate surface area is 200 Å². The first-order valence-electron chi connectivity index (χ1n) is 10.7. The van der Waals surface area contributed by atoms with E-state index in [9.17, 15) is 9.59 Å². The second kappa shape index (κ2) is 9.33. The predicted octanol–water partition coefficient (Wildman–Crippen LogP) is 5.43. The Bertz CT molecular complexity index is 1510. The Morgan fingerprint density at radius 2 is 1.74 bits per heavy atom. The minimum absolute atomic E-state index is 0.0774. The molecule has 0 aliphatic carbocycles. The van der Waals surface area contributed by atoms with Gasteiger partial charge in [-0.25, -0.2) is 4.98 Å². The van der Waals surface area contributed by atoms with Crippen molar-refractivity contribution in [2.24, 2.45) is 0 Å². The number of hydrogen-bond acceptors (Lipinski definition) is 5. The fraction of sp³-hybridized carbons (Fsp3) is 0.0741. The van der Waals surface area contributed by atoms with Crippen LogP contribution in [0.15, 0.2) is 95.4 Å². The van der Waals surface area contributed by atoms with Crippen molar-refractivity contribution in [1.29, 1.82) is 0 Å². The third-order valence-corrected chi connectivity index (χ3v) is 6.45. The highest BCUT2D eigenvalue weighted by molar-refractivity contribution is 7.17. The van der Waals surface area contributed by atoms with Crippen LogP contribution >= 0.6 is 11.3 Å². The number of fused-ring (bicyclic) bond motifs is 1. The number of amides is 1. The van der Waals surface area contributed by atoms with Crippen LogP contribution in [-0.2, 0) is 6.54 Å². The molecular formula is C27H21N3O3S. The van der Waals surface area contributed by atoms with Gasteiger partial charge in [-0.2, -0.15) is 0 Å². The van der Waals surface area contributed by atoms with Gasteiger partial charge in [-0.3, -0.25) is 14.2 Å². The predicted molar refractivity (Wildman–Crippen MR) is 136 cm³/mol. The van der Waals surface area contributed by atoms with E-state index in [2.05, 4.69) is 10.3 Å². The van der Waals surface area contributed by atoms with Crippen molar-refractivity contribution in [3.05, 3.63) is 112 Å². The van der Waals surface area contributed by atoms with Gasteiger partial charge in [0.15, 0.2) is 0 Å².